The zero-order valence-electron chi connectivity index (χ0n) is 13.9. The zero-order chi connectivity index (χ0) is 22.1. The highest BCUT2D eigenvalue weighted by Gasteiger charge is 2.69. The van der Waals surface area contributed by atoms with Gasteiger partial charge in [-0.1, -0.05) is 6.58 Å². The summed E-state index contributed by atoms with van der Waals surface area (Å²) in [5.41, 5.74) is -1.71. The maximum absolute atomic E-state index is 13.4. The van der Waals surface area contributed by atoms with Gasteiger partial charge in [0.2, 0.25) is 5.83 Å². The number of esters is 2. The topological polar surface area (TPSA) is 116 Å². The molecule has 0 rings (SSSR count). The molecule has 0 heterocycles. The van der Waals surface area contributed by atoms with Crippen molar-refractivity contribution in [3.05, 3.63) is 12.4 Å². The van der Waals surface area contributed by atoms with Gasteiger partial charge in [-0.05, 0) is 20.8 Å². The molecule has 0 radical (unpaired) electrons. The van der Waals surface area contributed by atoms with E-state index < -0.39 is 57.3 Å². The number of hydrogen-bond donors (Lipinski definition) is 1. The summed E-state index contributed by atoms with van der Waals surface area (Å²) < 4.78 is 120. The average Bonchev–Trinajstić information content (AvgIpc) is 2.38. The summed E-state index contributed by atoms with van der Waals surface area (Å²) in [7, 11) is -6.29. The van der Waals surface area contributed by atoms with E-state index in [-0.39, 0.29) is 0 Å². The number of carbonyl (C=O) groups excluding carboxylic acids is 2. The first-order valence-electron chi connectivity index (χ1n) is 6.53. The van der Waals surface area contributed by atoms with Crippen molar-refractivity contribution in [2.24, 2.45) is 0 Å². The lowest BCUT2D eigenvalue weighted by molar-refractivity contribution is -0.362. The molecule has 0 aliphatic heterocycles. The maximum atomic E-state index is 13.4. The van der Waals surface area contributed by atoms with Gasteiger partial charge in [-0.15, -0.1) is 0 Å². The molecule has 0 saturated heterocycles. The second-order valence-corrected chi connectivity index (χ2v) is 7.36. The minimum atomic E-state index is -6.29. The van der Waals surface area contributed by atoms with E-state index in [0.717, 1.165) is 20.8 Å². The van der Waals surface area contributed by atoms with Crippen molar-refractivity contribution in [1.29, 1.82) is 0 Å². The van der Waals surface area contributed by atoms with Crippen molar-refractivity contribution < 1.29 is 63.1 Å². The molecule has 0 amide bonds. The predicted octanol–water partition coefficient (Wildman–Crippen LogP) is 2.11. The third kappa shape index (κ3) is 6.35. The molecule has 0 aliphatic rings. The molecule has 0 saturated carbocycles. The van der Waals surface area contributed by atoms with Crippen molar-refractivity contribution >= 4 is 22.1 Å². The van der Waals surface area contributed by atoms with E-state index in [1.165, 1.54) is 0 Å². The van der Waals surface area contributed by atoms with Crippen LogP contribution in [-0.2, 0) is 33.9 Å². The van der Waals surface area contributed by atoms with Crippen molar-refractivity contribution in [3.63, 3.8) is 0 Å². The molecule has 0 aliphatic carbocycles. The Morgan fingerprint density at radius 3 is 1.78 bits per heavy atom. The van der Waals surface area contributed by atoms with E-state index in [9.17, 15) is 44.3 Å². The molecule has 15 heteroatoms. The van der Waals surface area contributed by atoms with Gasteiger partial charge in [-0.2, -0.15) is 34.8 Å². The summed E-state index contributed by atoms with van der Waals surface area (Å²) in [6, 6.07) is 0. The summed E-state index contributed by atoms with van der Waals surface area (Å²) in [5.74, 6) is -12.3. The molecule has 0 aromatic carbocycles. The second-order valence-electron chi connectivity index (χ2n) is 5.81. The van der Waals surface area contributed by atoms with Crippen LogP contribution >= 0.6 is 0 Å². The molecule has 158 valence electrons. The Morgan fingerprint density at radius 2 is 1.48 bits per heavy atom. The standard InChI is InChI=1S/C12H14F6O8S/c1-6(13)7(19)25-11(12(16,17)18,8(20)26-9(2,3)4)24-5-10(14,15)27(21,22)23/h1,5H2,2-4H3,(H,21,22,23). The summed E-state index contributed by atoms with van der Waals surface area (Å²) in [6.07, 6.45) is -6.14. The molecule has 0 spiro atoms. The van der Waals surface area contributed by atoms with E-state index in [2.05, 4.69) is 20.8 Å². The second kappa shape index (κ2) is 7.63. The van der Waals surface area contributed by atoms with Gasteiger partial charge < -0.3 is 14.2 Å². The smallest absolute Gasteiger partial charge is 0.455 e. The van der Waals surface area contributed by atoms with Gasteiger partial charge in [0.05, 0.1) is 0 Å². The van der Waals surface area contributed by atoms with Gasteiger partial charge in [-0.25, -0.2) is 9.59 Å². The highest BCUT2D eigenvalue weighted by atomic mass is 32.2. The fourth-order valence-corrected chi connectivity index (χ4v) is 1.38. The normalized spacial score (nSPS) is 15.6. The Labute approximate surface area is 148 Å². The van der Waals surface area contributed by atoms with E-state index in [1.807, 2.05) is 0 Å². The number of alkyl halides is 5. The van der Waals surface area contributed by atoms with Gasteiger partial charge in [0.25, 0.3) is 0 Å². The van der Waals surface area contributed by atoms with Gasteiger partial charge >= 0.3 is 39.3 Å². The molecular formula is C12H14F6O8S. The maximum Gasteiger partial charge on any atom is 0.468 e. The lowest BCUT2D eigenvalue weighted by Gasteiger charge is -2.34. The Morgan fingerprint density at radius 1 is 1.04 bits per heavy atom. The summed E-state index contributed by atoms with van der Waals surface area (Å²) in [6.45, 7) is 2.60. The molecule has 8 nitrogen and oxygen atoms in total. The van der Waals surface area contributed by atoms with Crippen LogP contribution in [0.3, 0.4) is 0 Å². The van der Waals surface area contributed by atoms with Crippen molar-refractivity contribution in [3.8, 4) is 0 Å². The highest BCUT2D eigenvalue weighted by molar-refractivity contribution is 7.86. The largest absolute Gasteiger partial charge is 0.468 e. The van der Waals surface area contributed by atoms with Crippen molar-refractivity contribution in [2.75, 3.05) is 6.61 Å². The first-order chi connectivity index (χ1) is 11.7. The molecule has 0 aromatic rings. The first kappa shape index (κ1) is 25.1. The predicted molar refractivity (Wildman–Crippen MR) is 73.4 cm³/mol. The Kier molecular flexibility index (Phi) is 7.10. The van der Waals surface area contributed by atoms with Crippen LogP contribution in [0, 0.1) is 0 Å². The van der Waals surface area contributed by atoms with Crippen LogP contribution in [0.5, 0.6) is 0 Å². The lowest BCUT2D eigenvalue weighted by atomic mass is 10.1. The van der Waals surface area contributed by atoms with Crippen LogP contribution in [0.25, 0.3) is 0 Å². The third-order valence-electron chi connectivity index (χ3n) is 2.32. The lowest BCUT2D eigenvalue weighted by Crippen LogP contribution is -2.60. The number of rotatable bonds is 7. The first-order valence-corrected chi connectivity index (χ1v) is 7.97. The minimum Gasteiger partial charge on any atom is -0.455 e. The molecule has 1 unspecified atom stereocenters. The monoisotopic (exact) mass is 432 g/mol. The fourth-order valence-electron chi connectivity index (χ4n) is 1.18. The molecule has 0 aromatic heterocycles. The molecule has 0 fully saturated rings. The Balaban J connectivity index is 6.27. The van der Waals surface area contributed by atoms with Crippen LogP contribution in [-0.4, -0.2) is 54.3 Å². The van der Waals surface area contributed by atoms with E-state index in [4.69, 9.17) is 4.55 Å². The molecule has 1 N–H and O–H groups in total. The quantitative estimate of drug-likeness (QED) is 0.214. The van der Waals surface area contributed by atoms with Gasteiger partial charge in [0.15, 0.2) is 0 Å². The van der Waals surface area contributed by atoms with E-state index in [0.29, 0.717) is 0 Å². The van der Waals surface area contributed by atoms with Gasteiger partial charge in [0, 0.05) is 0 Å². The molecule has 27 heavy (non-hydrogen) atoms. The average molecular weight is 432 g/mol. The summed E-state index contributed by atoms with van der Waals surface area (Å²) >= 11 is 0. The molecule has 0 bridgehead atoms. The number of hydrogen-bond acceptors (Lipinski definition) is 7. The van der Waals surface area contributed by atoms with Crippen molar-refractivity contribution in [1.82, 2.24) is 0 Å². The number of halogens is 6. The Hall–Kier alpha value is -1.87. The Bertz CT molecular complexity index is 708. The van der Waals surface area contributed by atoms with Crippen LogP contribution in [0.1, 0.15) is 20.8 Å². The van der Waals surface area contributed by atoms with Crippen LogP contribution < -0.4 is 0 Å². The van der Waals surface area contributed by atoms with Crippen LogP contribution in [0.15, 0.2) is 12.4 Å². The highest BCUT2D eigenvalue weighted by Crippen LogP contribution is 2.39. The number of carbonyl (C=O) groups is 2. The minimum absolute atomic E-state index is 1.04. The molecule has 1 atom stereocenters. The van der Waals surface area contributed by atoms with Crippen LogP contribution in [0.4, 0.5) is 26.3 Å². The fraction of sp³-hybridized carbons (Fsp3) is 0.667. The van der Waals surface area contributed by atoms with E-state index >= 15 is 0 Å². The van der Waals surface area contributed by atoms with Gasteiger partial charge in [0.1, 0.15) is 12.2 Å². The summed E-state index contributed by atoms with van der Waals surface area (Å²) in [5, 5.41) is -5.36. The molecular weight excluding hydrogens is 418 g/mol. The van der Waals surface area contributed by atoms with Gasteiger partial charge in [-0.3, -0.25) is 4.55 Å². The zero-order valence-corrected chi connectivity index (χ0v) is 14.7. The number of ether oxygens (including phenoxy) is 3. The van der Waals surface area contributed by atoms with Crippen molar-refractivity contribution in [2.45, 2.75) is 43.6 Å². The SMILES string of the molecule is C=C(F)C(=O)OC(OCC(F)(F)S(=O)(=O)O)(C(=O)OC(C)(C)C)C(F)(F)F. The van der Waals surface area contributed by atoms with E-state index in [1.54, 1.807) is 0 Å². The van der Waals surface area contributed by atoms with Crippen LogP contribution in [0.2, 0.25) is 0 Å². The third-order valence-corrected chi connectivity index (χ3v) is 3.19. The summed E-state index contributed by atoms with van der Waals surface area (Å²) in [4.78, 5) is 23.1.